The molecule has 3 aliphatic rings. The van der Waals surface area contributed by atoms with Crippen molar-refractivity contribution in [1.29, 1.82) is 0 Å². The number of nitrogens with zero attached hydrogens (tertiary/aromatic N) is 3. The highest BCUT2D eigenvalue weighted by atomic mass is 16.5. The van der Waals surface area contributed by atoms with Gasteiger partial charge in [0, 0.05) is 52.9 Å². The molecule has 0 bridgehead atoms. The van der Waals surface area contributed by atoms with E-state index in [9.17, 15) is 0 Å². The maximum atomic E-state index is 5.72. The van der Waals surface area contributed by atoms with Gasteiger partial charge in [-0.2, -0.15) is 0 Å². The molecule has 5 heteroatoms. The summed E-state index contributed by atoms with van der Waals surface area (Å²) in [5.41, 5.74) is 0. The van der Waals surface area contributed by atoms with Crippen LogP contribution in [0.1, 0.15) is 38.5 Å². The molecule has 0 spiro atoms. The summed E-state index contributed by atoms with van der Waals surface area (Å²) >= 11 is 0. The highest BCUT2D eigenvalue weighted by molar-refractivity contribution is 5.79. The molecule has 5 nitrogen and oxygen atoms in total. The number of rotatable bonds is 11. The average molecular weight is 322 g/mol. The number of guanidine groups is 1. The lowest BCUT2D eigenvalue weighted by Crippen LogP contribution is -2.44. The standard InChI is InChI=1S/C18H34N4O/c1-19-18(21(2)11-12-23-14-16-5-6-16)20-9-10-22(17-7-8-17)13-15-3-4-15/h15-17H,3-14H2,1-2H3,(H,19,20). The summed E-state index contributed by atoms with van der Waals surface area (Å²) in [4.78, 5) is 9.27. The van der Waals surface area contributed by atoms with Crippen molar-refractivity contribution in [3.8, 4) is 0 Å². The minimum Gasteiger partial charge on any atom is -0.379 e. The normalized spacial score (nSPS) is 21.8. The minimum atomic E-state index is 0.795. The van der Waals surface area contributed by atoms with E-state index in [0.29, 0.717) is 0 Å². The molecule has 3 rings (SSSR count). The Balaban J connectivity index is 1.29. The Morgan fingerprint density at radius 1 is 1.09 bits per heavy atom. The molecular formula is C18H34N4O. The molecule has 0 radical (unpaired) electrons. The van der Waals surface area contributed by atoms with Gasteiger partial charge in [-0.25, -0.2) is 0 Å². The smallest absolute Gasteiger partial charge is 0.193 e. The summed E-state index contributed by atoms with van der Waals surface area (Å²) in [5.74, 6) is 2.82. The second kappa shape index (κ2) is 8.34. The van der Waals surface area contributed by atoms with Crippen molar-refractivity contribution in [1.82, 2.24) is 15.1 Å². The molecule has 3 fully saturated rings. The van der Waals surface area contributed by atoms with E-state index in [1.807, 2.05) is 7.05 Å². The largest absolute Gasteiger partial charge is 0.379 e. The Morgan fingerprint density at radius 3 is 2.43 bits per heavy atom. The Morgan fingerprint density at radius 2 is 1.83 bits per heavy atom. The molecular weight excluding hydrogens is 288 g/mol. The number of nitrogens with one attached hydrogen (secondary N) is 1. The van der Waals surface area contributed by atoms with E-state index in [4.69, 9.17) is 4.74 Å². The molecule has 0 atom stereocenters. The number of hydrogen-bond acceptors (Lipinski definition) is 3. The van der Waals surface area contributed by atoms with Gasteiger partial charge in [0.2, 0.25) is 0 Å². The third-order valence-corrected chi connectivity index (χ3v) is 5.13. The Kier molecular flexibility index (Phi) is 6.17. The van der Waals surface area contributed by atoms with Crippen LogP contribution in [0.2, 0.25) is 0 Å². The zero-order valence-electron chi connectivity index (χ0n) is 15.0. The quantitative estimate of drug-likeness (QED) is 0.358. The lowest BCUT2D eigenvalue weighted by atomic mass is 10.3. The predicted molar refractivity (Wildman–Crippen MR) is 94.9 cm³/mol. The second-order valence-corrected chi connectivity index (χ2v) is 7.58. The van der Waals surface area contributed by atoms with Gasteiger partial charge in [0.1, 0.15) is 0 Å². The van der Waals surface area contributed by atoms with Crippen molar-refractivity contribution in [2.45, 2.75) is 44.6 Å². The van der Waals surface area contributed by atoms with Crippen molar-refractivity contribution >= 4 is 5.96 Å². The van der Waals surface area contributed by atoms with Crippen LogP contribution in [0.3, 0.4) is 0 Å². The van der Waals surface area contributed by atoms with E-state index < -0.39 is 0 Å². The Labute approximate surface area is 141 Å². The molecule has 0 heterocycles. The molecule has 3 aliphatic carbocycles. The van der Waals surface area contributed by atoms with Crippen LogP contribution in [0.15, 0.2) is 4.99 Å². The SMILES string of the molecule is CN=C(NCCN(CC1CC1)C1CC1)N(C)CCOCC1CC1. The maximum absolute atomic E-state index is 5.72. The van der Waals surface area contributed by atoms with Gasteiger partial charge in [-0.15, -0.1) is 0 Å². The first-order chi connectivity index (χ1) is 11.3. The highest BCUT2D eigenvalue weighted by Gasteiger charge is 2.33. The highest BCUT2D eigenvalue weighted by Crippen LogP contribution is 2.34. The van der Waals surface area contributed by atoms with E-state index in [-0.39, 0.29) is 0 Å². The third kappa shape index (κ3) is 6.30. The Hall–Kier alpha value is -0.810. The molecule has 0 amide bonds. The van der Waals surface area contributed by atoms with Gasteiger partial charge in [0.15, 0.2) is 5.96 Å². The molecule has 0 aromatic heterocycles. The molecule has 0 unspecified atom stereocenters. The van der Waals surface area contributed by atoms with Crippen molar-refractivity contribution in [3.05, 3.63) is 0 Å². The zero-order chi connectivity index (χ0) is 16.1. The van der Waals surface area contributed by atoms with Crippen molar-refractivity contribution < 1.29 is 4.74 Å². The van der Waals surface area contributed by atoms with Crippen LogP contribution in [0.25, 0.3) is 0 Å². The fourth-order valence-electron chi connectivity index (χ4n) is 3.03. The summed E-state index contributed by atoms with van der Waals surface area (Å²) in [6.07, 6.45) is 8.41. The van der Waals surface area contributed by atoms with Gasteiger partial charge in [-0.3, -0.25) is 9.89 Å². The molecule has 3 saturated carbocycles. The Bertz CT molecular complexity index is 388. The van der Waals surface area contributed by atoms with Gasteiger partial charge in [0.25, 0.3) is 0 Å². The van der Waals surface area contributed by atoms with Crippen LogP contribution in [-0.4, -0.2) is 75.3 Å². The first-order valence-corrected chi connectivity index (χ1v) is 9.50. The summed E-state index contributed by atoms with van der Waals surface area (Å²) in [6.45, 7) is 6.09. The number of likely N-dealkylation sites (N-methyl/N-ethyl adjacent to an activating group) is 1. The summed E-state index contributed by atoms with van der Waals surface area (Å²) in [7, 11) is 3.96. The molecule has 132 valence electrons. The summed E-state index contributed by atoms with van der Waals surface area (Å²) in [6, 6.07) is 0.868. The van der Waals surface area contributed by atoms with Gasteiger partial charge < -0.3 is 15.0 Å². The van der Waals surface area contributed by atoms with Gasteiger partial charge >= 0.3 is 0 Å². The van der Waals surface area contributed by atoms with Gasteiger partial charge in [-0.05, 0) is 50.4 Å². The minimum absolute atomic E-state index is 0.795. The van der Waals surface area contributed by atoms with Crippen LogP contribution in [0.4, 0.5) is 0 Å². The molecule has 23 heavy (non-hydrogen) atoms. The first-order valence-electron chi connectivity index (χ1n) is 9.50. The zero-order valence-corrected chi connectivity index (χ0v) is 15.0. The molecule has 0 aliphatic heterocycles. The number of ether oxygens (including phenoxy) is 1. The fourth-order valence-corrected chi connectivity index (χ4v) is 3.03. The van der Waals surface area contributed by atoms with Crippen LogP contribution < -0.4 is 5.32 Å². The lowest BCUT2D eigenvalue weighted by molar-refractivity contribution is 0.115. The van der Waals surface area contributed by atoms with Crippen LogP contribution in [0, 0.1) is 11.8 Å². The summed E-state index contributed by atoms with van der Waals surface area (Å²) in [5, 5.41) is 3.52. The van der Waals surface area contributed by atoms with E-state index in [2.05, 4.69) is 27.2 Å². The topological polar surface area (TPSA) is 40.1 Å². The molecule has 0 saturated heterocycles. The predicted octanol–water partition coefficient (Wildman–Crippen LogP) is 1.79. The third-order valence-electron chi connectivity index (χ3n) is 5.13. The van der Waals surface area contributed by atoms with Crippen molar-refractivity contribution in [2.75, 3.05) is 53.5 Å². The summed E-state index contributed by atoms with van der Waals surface area (Å²) < 4.78 is 5.72. The number of aliphatic imine (C=N–C) groups is 1. The maximum Gasteiger partial charge on any atom is 0.193 e. The monoisotopic (exact) mass is 322 g/mol. The molecule has 0 aromatic rings. The van der Waals surface area contributed by atoms with E-state index in [1.165, 1.54) is 45.1 Å². The lowest BCUT2D eigenvalue weighted by Gasteiger charge is -2.25. The van der Waals surface area contributed by atoms with Crippen molar-refractivity contribution in [2.24, 2.45) is 16.8 Å². The second-order valence-electron chi connectivity index (χ2n) is 7.58. The van der Waals surface area contributed by atoms with E-state index in [0.717, 1.165) is 56.7 Å². The van der Waals surface area contributed by atoms with Crippen LogP contribution >= 0.6 is 0 Å². The van der Waals surface area contributed by atoms with Gasteiger partial charge in [0.05, 0.1) is 6.61 Å². The van der Waals surface area contributed by atoms with E-state index >= 15 is 0 Å². The molecule has 1 N–H and O–H groups in total. The fraction of sp³-hybridized carbons (Fsp3) is 0.944. The first kappa shape index (κ1) is 17.0. The average Bonchev–Trinajstić information content (AvgIpc) is 3.39. The number of hydrogen-bond donors (Lipinski definition) is 1. The van der Waals surface area contributed by atoms with E-state index in [1.54, 1.807) is 0 Å². The molecule has 0 aromatic carbocycles. The van der Waals surface area contributed by atoms with Crippen LogP contribution in [-0.2, 0) is 4.74 Å². The van der Waals surface area contributed by atoms with Crippen LogP contribution in [0.5, 0.6) is 0 Å². The van der Waals surface area contributed by atoms with Crippen molar-refractivity contribution in [3.63, 3.8) is 0 Å². The van der Waals surface area contributed by atoms with Gasteiger partial charge in [-0.1, -0.05) is 0 Å².